The highest BCUT2D eigenvalue weighted by molar-refractivity contribution is 7.92. The lowest BCUT2D eigenvalue weighted by Gasteiger charge is -2.33. The van der Waals surface area contributed by atoms with Gasteiger partial charge in [0.1, 0.15) is 12.6 Å². The van der Waals surface area contributed by atoms with E-state index in [0.717, 1.165) is 28.3 Å². The normalized spacial score (nSPS) is 12.0. The number of nitrogens with one attached hydrogen (secondary N) is 1. The van der Waals surface area contributed by atoms with Gasteiger partial charge in [-0.3, -0.25) is 13.9 Å². The predicted molar refractivity (Wildman–Crippen MR) is 161 cm³/mol. The second-order valence-electron chi connectivity index (χ2n) is 9.52. The van der Waals surface area contributed by atoms with Crippen molar-refractivity contribution in [1.29, 1.82) is 0 Å². The van der Waals surface area contributed by atoms with Crippen LogP contribution >= 0.6 is 23.2 Å². The maximum atomic E-state index is 14.0. The zero-order valence-electron chi connectivity index (χ0n) is 22.9. The minimum Gasteiger partial charge on any atom is -0.354 e. The summed E-state index contributed by atoms with van der Waals surface area (Å²) in [6.45, 7) is 5.81. The molecule has 2 amide bonds. The SMILES string of the molecule is CCCCNC(=O)C(CC)N(Cc1ccc(Cl)cc1)C(=O)CN(c1ccc(Cl)cc1)S(=O)(=O)c1ccc(C)cc1. The Morgan fingerprint density at radius 1 is 0.875 bits per heavy atom. The molecule has 1 N–H and O–H groups in total. The fraction of sp³-hybridized carbons (Fsp3) is 0.333. The summed E-state index contributed by atoms with van der Waals surface area (Å²) in [7, 11) is -4.14. The Morgan fingerprint density at radius 3 is 2.00 bits per heavy atom. The van der Waals surface area contributed by atoms with E-state index < -0.39 is 28.5 Å². The number of nitrogens with zero attached hydrogens (tertiary/aromatic N) is 2. The molecule has 1 unspecified atom stereocenters. The molecule has 40 heavy (non-hydrogen) atoms. The standard InChI is InChI=1S/C30H35Cl2N3O4S/c1-4-6-19-33-30(37)28(5-2)34(20-23-9-11-24(31)12-10-23)29(36)21-35(26-15-13-25(32)14-16-26)40(38,39)27-17-7-22(3)8-18-27/h7-18,28H,4-6,19-21H2,1-3H3,(H,33,37). The van der Waals surface area contributed by atoms with Gasteiger partial charge >= 0.3 is 0 Å². The first kappa shape index (κ1) is 31.5. The van der Waals surface area contributed by atoms with Gasteiger partial charge in [0.15, 0.2) is 0 Å². The van der Waals surface area contributed by atoms with Gasteiger partial charge in [0, 0.05) is 23.1 Å². The number of hydrogen-bond donors (Lipinski definition) is 1. The molecule has 214 valence electrons. The van der Waals surface area contributed by atoms with Crippen LogP contribution in [0.4, 0.5) is 5.69 Å². The number of amides is 2. The molecule has 0 bridgehead atoms. The van der Waals surface area contributed by atoms with Crippen molar-refractivity contribution in [2.75, 3.05) is 17.4 Å². The van der Waals surface area contributed by atoms with Crippen molar-refractivity contribution >= 4 is 50.7 Å². The van der Waals surface area contributed by atoms with Crippen molar-refractivity contribution in [1.82, 2.24) is 10.2 Å². The summed E-state index contributed by atoms with van der Waals surface area (Å²) in [5.74, 6) is -0.796. The molecule has 0 fully saturated rings. The second kappa shape index (κ2) is 14.5. The third kappa shape index (κ3) is 8.22. The molecule has 0 saturated heterocycles. The number of aryl methyl sites for hydroxylation is 1. The quantitative estimate of drug-likeness (QED) is 0.235. The highest BCUT2D eigenvalue weighted by Gasteiger charge is 2.33. The summed E-state index contributed by atoms with van der Waals surface area (Å²) >= 11 is 12.1. The minimum atomic E-state index is -4.14. The fourth-order valence-electron chi connectivity index (χ4n) is 4.19. The van der Waals surface area contributed by atoms with Crippen LogP contribution in [-0.4, -0.2) is 44.3 Å². The van der Waals surface area contributed by atoms with Gasteiger partial charge in [-0.05, 0) is 73.9 Å². The predicted octanol–water partition coefficient (Wildman–Crippen LogP) is 6.22. The average molecular weight is 605 g/mol. The summed E-state index contributed by atoms with van der Waals surface area (Å²) < 4.78 is 28.8. The summed E-state index contributed by atoms with van der Waals surface area (Å²) in [4.78, 5) is 28.7. The van der Waals surface area contributed by atoms with E-state index in [1.165, 1.54) is 17.0 Å². The zero-order valence-corrected chi connectivity index (χ0v) is 25.3. The first-order chi connectivity index (χ1) is 19.1. The van der Waals surface area contributed by atoms with E-state index in [9.17, 15) is 18.0 Å². The lowest BCUT2D eigenvalue weighted by Crippen LogP contribution is -2.52. The number of rotatable bonds is 13. The maximum Gasteiger partial charge on any atom is 0.264 e. The molecule has 7 nitrogen and oxygen atoms in total. The molecule has 0 spiro atoms. The fourth-order valence-corrected chi connectivity index (χ4v) is 5.85. The smallest absolute Gasteiger partial charge is 0.264 e. The Labute approximate surface area is 247 Å². The molecule has 3 aromatic carbocycles. The van der Waals surface area contributed by atoms with Gasteiger partial charge in [0.05, 0.1) is 10.6 Å². The molecule has 0 aliphatic rings. The van der Waals surface area contributed by atoms with Crippen LogP contribution in [0.2, 0.25) is 10.0 Å². The van der Waals surface area contributed by atoms with Gasteiger partial charge in [-0.25, -0.2) is 8.42 Å². The summed E-state index contributed by atoms with van der Waals surface area (Å²) in [5.41, 5.74) is 1.95. The van der Waals surface area contributed by atoms with Crippen molar-refractivity contribution in [3.05, 3.63) is 94.0 Å². The molecular formula is C30H35Cl2N3O4S. The lowest BCUT2D eigenvalue weighted by molar-refractivity contribution is -0.140. The van der Waals surface area contributed by atoms with Crippen molar-refractivity contribution in [2.45, 2.75) is 57.5 Å². The topological polar surface area (TPSA) is 86.8 Å². The van der Waals surface area contributed by atoms with E-state index in [1.54, 1.807) is 60.7 Å². The van der Waals surface area contributed by atoms with Crippen LogP contribution in [0.5, 0.6) is 0 Å². The Morgan fingerprint density at radius 2 is 1.45 bits per heavy atom. The number of benzene rings is 3. The Balaban J connectivity index is 2.02. The van der Waals surface area contributed by atoms with Crippen molar-refractivity contribution in [2.24, 2.45) is 0 Å². The third-order valence-corrected chi connectivity index (χ3v) is 8.78. The van der Waals surface area contributed by atoms with Gasteiger partial charge in [0.2, 0.25) is 11.8 Å². The lowest BCUT2D eigenvalue weighted by atomic mass is 10.1. The Bertz CT molecular complexity index is 1380. The van der Waals surface area contributed by atoms with E-state index in [1.807, 2.05) is 20.8 Å². The molecule has 0 aliphatic carbocycles. The monoisotopic (exact) mass is 603 g/mol. The largest absolute Gasteiger partial charge is 0.354 e. The van der Waals surface area contributed by atoms with Crippen molar-refractivity contribution in [3.8, 4) is 0 Å². The molecule has 0 heterocycles. The Kier molecular flexibility index (Phi) is 11.4. The van der Waals surface area contributed by atoms with Crippen LogP contribution in [0.1, 0.15) is 44.2 Å². The van der Waals surface area contributed by atoms with E-state index in [2.05, 4.69) is 5.32 Å². The van der Waals surface area contributed by atoms with Crippen LogP contribution in [0.3, 0.4) is 0 Å². The molecule has 1 atom stereocenters. The van der Waals surface area contributed by atoms with Crippen LogP contribution < -0.4 is 9.62 Å². The summed E-state index contributed by atoms with van der Waals surface area (Å²) in [5, 5.41) is 3.89. The number of carbonyl (C=O) groups excluding carboxylic acids is 2. The molecule has 0 saturated carbocycles. The maximum absolute atomic E-state index is 14.0. The van der Waals surface area contributed by atoms with Gasteiger partial charge in [-0.1, -0.05) is 73.3 Å². The Hall–Kier alpha value is -3.07. The van der Waals surface area contributed by atoms with Crippen LogP contribution in [0, 0.1) is 6.92 Å². The van der Waals surface area contributed by atoms with E-state index in [4.69, 9.17) is 23.2 Å². The first-order valence-corrected chi connectivity index (χ1v) is 15.4. The molecule has 10 heteroatoms. The number of anilines is 1. The number of hydrogen-bond acceptors (Lipinski definition) is 4. The van der Waals surface area contributed by atoms with Crippen LogP contribution in [0.15, 0.2) is 77.7 Å². The highest BCUT2D eigenvalue weighted by Crippen LogP contribution is 2.26. The van der Waals surface area contributed by atoms with Gasteiger partial charge < -0.3 is 10.2 Å². The minimum absolute atomic E-state index is 0.0504. The zero-order chi connectivity index (χ0) is 29.3. The van der Waals surface area contributed by atoms with Gasteiger partial charge in [0.25, 0.3) is 10.0 Å². The number of carbonyl (C=O) groups is 2. The van der Waals surface area contributed by atoms with Crippen molar-refractivity contribution in [3.63, 3.8) is 0 Å². The number of halogens is 2. The van der Waals surface area contributed by atoms with Crippen LogP contribution in [-0.2, 0) is 26.2 Å². The molecule has 3 rings (SSSR count). The first-order valence-electron chi connectivity index (χ1n) is 13.2. The molecular weight excluding hydrogens is 569 g/mol. The highest BCUT2D eigenvalue weighted by atomic mass is 35.5. The molecule has 3 aromatic rings. The second-order valence-corrected chi connectivity index (χ2v) is 12.3. The third-order valence-electron chi connectivity index (χ3n) is 6.48. The molecule has 0 aliphatic heterocycles. The number of unbranched alkanes of at least 4 members (excludes halogenated alkanes) is 1. The molecule has 0 aromatic heterocycles. The molecule has 0 radical (unpaired) electrons. The van der Waals surface area contributed by atoms with E-state index in [-0.39, 0.29) is 23.0 Å². The summed E-state index contributed by atoms with van der Waals surface area (Å²) in [6, 6.07) is 18.9. The van der Waals surface area contributed by atoms with Gasteiger partial charge in [-0.2, -0.15) is 0 Å². The average Bonchev–Trinajstić information content (AvgIpc) is 2.93. The van der Waals surface area contributed by atoms with Crippen LogP contribution in [0.25, 0.3) is 0 Å². The number of sulfonamides is 1. The van der Waals surface area contributed by atoms with E-state index >= 15 is 0 Å². The van der Waals surface area contributed by atoms with E-state index in [0.29, 0.717) is 23.0 Å². The summed E-state index contributed by atoms with van der Waals surface area (Å²) in [6.07, 6.45) is 2.08. The van der Waals surface area contributed by atoms with Gasteiger partial charge in [-0.15, -0.1) is 0 Å². The van der Waals surface area contributed by atoms with Crippen molar-refractivity contribution < 1.29 is 18.0 Å².